The van der Waals surface area contributed by atoms with E-state index in [9.17, 15) is 17.6 Å². The van der Waals surface area contributed by atoms with Gasteiger partial charge in [-0.15, -0.1) is 0 Å². The van der Waals surface area contributed by atoms with Gasteiger partial charge in [0.25, 0.3) is 0 Å². The molecule has 1 amide bonds. The highest BCUT2D eigenvalue weighted by Gasteiger charge is 2.20. The number of nitrogens with one attached hydrogen (secondary N) is 1. The number of rotatable bonds is 5. The number of halogens is 1. The van der Waals surface area contributed by atoms with E-state index in [1.807, 2.05) is 0 Å². The Morgan fingerprint density at radius 3 is 2.23 bits per heavy atom. The molecule has 0 saturated heterocycles. The summed E-state index contributed by atoms with van der Waals surface area (Å²) in [6.45, 7) is 4.43. The van der Waals surface area contributed by atoms with Crippen molar-refractivity contribution in [3.05, 3.63) is 29.8 Å². The predicted molar refractivity (Wildman–Crippen MR) is 82.4 cm³/mol. The molecule has 0 aliphatic heterocycles. The Labute approximate surface area is 130 Å². The third-order valence-electron chi connectivity index (χ3n) is 2.74. The molecular formula is C15H22FNO4S. The standard InChI is InChI=1S/C15H22FNO4S/c1-15(2,3)21-14(18)17-12(10-16)9-11-5-7-13(8-6-11)22(4,19)20/h5-8,12H,9-10H2,1-4H3,(H,17,18). The van der Waals surface area contributed by atoms with E-state index >= 15 is 0 Å². The van der Waals surface area contributed by atoms with E-state index in [-0.39, 0.29) is 11.3 Å². The van der Waals surface area contributed by atoms with Gasteiger partial charge in [0.1, 0.15) is 12.3 Å². The van der Waals surface area contributed by atoms with Gasteiger partial charge in [0, 0.05) is 6.26 Å². The Balaban J connectivity index is 2.68. The smallest absolute Gasteiger partial charge is 0.407 e. The number of carbonyl (C=O) groups is 1. The van der Waals surface area contributed by atoms with Crippen LogP contribution < -0.4 is 5.32 Å². The van der Waals surface area contributed by atoms with E-state index in [1.165, 1.54) is 12.1 Å². The molecule has 1 atom stereocenters. The van der Waals surface area contributed by atoms with Crippen molar-refractivity contribution in [2.24, 2.45) is 0 Å². The fourth-order valence-electron chi connectivity index (χ4n) is 1.78. The first-order valence-corrected chi connectivity index (χ1v) is 8.75. The van der Waals surface area contributed by atoms with E-state index < -0.39 is 34.2 Å². The molecule has 0 aliphatic rings. The molecule has 0 heterocycles. The zero-order valence-electron chi connectivity index (χ0n) is 13.2. The highest BCUT2D eigenvalue weighted by Crippen LogP contribution is 2.13. The van der Waals surface area contributed by atoms with Crippen LogP contribution in [0.1, 0.15) is 26.3 Å². The van der Waals surface area contributed by atoms with Crippen LogP contribution >= 0.6 is 0 Å². The number of hydrogen-bond acceptors (Lipinski definition) is 4. The number of alkyl halides is 1. The lowest BCUT2D eigenvalue weighted by molar-refractivity contribution is 0.0496. The first-order valence-electron chi connectivity index (χ1n) is 6.86. The summed E-state index contributed by atoms with van der Waals surface area (Å²) in [4.78, 5) is 11.8. The zero-order valence-corrected chi connectivity index (χ0v) is 14.0. The Bertz CT molecular complexity index is 605. The van der Waals surface area contributed by atoms with Crippen LogP contribution in [0.4, 0.5) is 9.18 Å². The topological polar surface area (TPSA) is 72.5 Å². The van der Waals surface area contributed by atoms with Gasteiger partial charge in [0.15, 0.2) is 9.84 Å². The van der Waals surface area contributed by atoms with Crippen LogP contribution in [0.25, 0.3) is 0 Å². The van der Waals surface area contributed by atoms with Gasteiger partial charge in [-0.05, 0) is 44.9 Å². The van der Waals surface area contributed by atoms with Gasteiger partial charge in [-0.1, -0.05) is 12.1 Å². The molecule has 0 bridgehead atoms. The molecule has 22 heavy (non-hydrogen) atoms. The monoisotopic (exact) mass is 331 g/mol. The summed E-state index contributed by atoms with van der Waals surface area (Å²) >= 11 is 0. The second kappa shape index (κ2) is 7.09. The summed E-state index contributed by atoms with van der Waals surface area (Å²) in [5, 5.41) is 2.46. The molecule has 1 rings (SSSR count). The molecule has 7 heteroatoms. The second-order valence-electron chi connectivity index (χ2n) is 6.12. The van der Waals surface area contributed by atoms with E-state index in [0.29, 0.717) is 0 Å². The van der Waals surface area contributed by atoms with Crippen molar-refractivity contribution in [2.45, 2.75) is 43.7 Å². The maximum atomic E-state index is 13.0. The maximum absolute atomic E-state index is 13.0. The van der Waals surface area contributed by atoms with Crippen molar-refractivity contribution >= 4 is 15.9 Å². The van der Waals surface area contributed by atoms with Gasteiger partial charge in [0.2, 0.25) is 0 Å². The number of carbonyl (C=O) groups excluding carboxylic acids is 1. The molecule has 1 aromatic rings. The van der Waals surface area contributed by atoms with E-state index in [4.69, 9.17) is 4.74 Å². The van der Waals surface area contributed by atoms with E-state index in [1.54, 1.807) is 32.9 Å². The molecular weight excluding hydrogens is 309 g/mol. The molecule has 1 unspecified atom stereocenters. The van der Waals surface area contributed by atoms with Gasteiger partial charge in [-0.2, -0.15) is 0 Å². The highest BCUT2D eigenvalue weighted by atomic mass is 32.2. The summed E-state index contributed by atoms with van der Waals surface area (Å²) in [6.07, 6.45) is 0.693. The predicted octanol–water partition coefficient (Wildman–Crippen LogP) is 2.50. The lowest BCUT2D eigenvalue weighted by Crippen LogP contribution is -2.41. The molecule has 124 valence electrons. The third-order valence-corrected chi connectivity index (χ3v) is 3.87. The van der Waals surface area contributed by atoms with Crippen molar-refractivity contribution in [1.29, 1.82) is 0 Å². The van der Waals surface area contributed by atoms with Crippen molar-refractivity contribution < 1.29 is 22.3 Å². The number of sulfone groups is 1. The summed E-state index contributed by atoms with van der Waals surface area (Å²) in [5.41, 5.74) is 0.0772. The highest BCUT2D eigenvalue weighted by molar-refractivity contribution is 7.90. The summed E-state index contributed by atoms with van der Waals surface area (Å²) in [6, 6.07) is 5.42. The largest absolute Gasteiger partial charge is 0.444 e. The van der Waals surface area contributed by atoms with Crippen LogP contribution in [0.3, 0.4) is 0 Å². The van der Waals surface area contributed by atoms with Gasteiger partial charge in [0.05, 0.1) is 10.9 Å². The van der Waals surface area contributed by atoms with Crippen LogP contribution in [0.15, 0.2) is 29.2 Å². The molecule has 1 aromatic carbocycles. The SMILES string of the molecule is CC(C)(C)OC(=O)NC(CF)Cc1ccc(S(C)(=O)=O)cc1. The first kappa shape index (κ1) is 18.4. The summed E-state index contributed by atoms with van der Waals surface area (Å²) < 4.78 is 40.8. The minimum absolute atomic E-state index is 0.202. The van der Waals surface area contributed by atoms with Crippen molar-refractivity contribution in [3.63, 3.8) is 0 Å². The van der Waals surface area contributed by atoms with E-state index in [2.05, 4.69) is 5.32 Å². The quantitative estimate of drug-likeness (QED) is 0.900. The average Bonchev–Trinajstić information content (AvgIpc) is 2.35. The molecule has 0 aliphatic carbocycles. The number of amides is 1. The van der Waals surface area contributed by atoms with Crippen LogP contribution in [0, 0.1) is 0 Å². The number of benzene rings is 1. The summed E-state index contributed by atoms with van der Waals surface area (Å²) in [5.74, 6) is 0. The molecule has 0 saturated carbocycles. The van der Waals surface area contributed by atoms with Crippen molar-refractivity contribution in [2.75, 3.05) is 12.9 Å². The van der Waals surface area contributed by atoms with Crippen molar-refractivity contribution in [1.82, 2.24) is 5.32 Å². The molecule has 5 nitrogen and oxygen atoms in total. The molecule has 1 N–H and O–H groups in total. The minimum atomic E-state index is -3.26. The number of hydrogen-bond donors (Lipinski definition) is 1. The Kier molecular flexibility index (Phi) is 5.93. The number of alkyl carbamates (subject to hydrolysis) is 1. The lowest BCUT2D eigenvalue weighted by atomic mass is 10.1. The average molecular weight is 331 g/mol. The van der Waals surface area contributed by atoms with Crippen molar-refractivity contribution in [3.8, 4) is 0 Å². The van der Waals surface area contributed by atoms with Gasteiger partial charge in [-0.3, -0.25) is 0 Å². The Morgan fingerprint density at radius 1 is 1.27 bits per heavy atom. The van der Waals surface area contributed by atoms with Gasteiger partial charge in [-0.25, -0.2) is 17.6 Å². The summed E-state index contributed by atoms with van der Waals surface area (Å²) in [7, 11) is -3.26. The molecule has 0 fully saturated rings. The molecule has 0 spiro atoms. The van der Waals surface area contributed by atoms with Crippen LogP contribution in [-0.4, -0.2) is 39.1 Å². The van der Waals surface area contributed by atoms with Gasteiger partial charge < -0.3 is 10.1 Å². The normalized spacial score (nSPS) is 13.5. The third kappa shape index (κ3) is 6.43. The van der Waals surface area contributed by atoms with Crippen LogP contribution in [-0.2, 0) is 21.0 Å². The van der Waals surface area contributed by atoms with Crippen LogP contribution in [0.2, 0.25) is 0 Å². The molecule has 0 radical (unpaired) electrons. The fourth-order valence-corrected chi connectivity index (χ4v) is 2.41. The van der Waals surface area contributed by atoms with E-state index in [0.717, 1.165) is 11.8 Å². The Hall–Kier alpha value is -1.63. The zero-order chi connectivity index (χ0) is 17.0. The Morgan fingerprint density at radius 2 is 1.82 bits per heavy atom. The minimum Gasteiger partial charge on any atom is -0.444 e. The second-order valence-corrected chi connectivity index (χ2v) is 8.13. The first-order chi connectivity index (χ1) is 10.0. The van der Waals surface area contributed by atoms with Crippen LogP contribution in [0.5, 0.6) is 0 Å². The maximum Gasteiger partial charge on any atom is 0.407 e. The fraction of sp³-hybridized carbons (Fsp3) is 0.533. The molecule has 0 aromatic heterocycles. The lowest BCUT2D eigenvalue weighted by Gasteiger charge is -2.22. The van der Waals surface area contributed by atoms with Gasteiger partial charge >= 0.3 is 6.09 Å². The number of ether oxygens (including phenoxy) is 1.